The standard InChI is InChI=1S/C16H16O3.C15H21NO2S.C11H14O4.C10H12O2/c1-18-16(19-2,14-11-7-4-8-12-14)15(17)13-9-5-3-6-10-13;1-15(2,16-8-10-18-11-9-16)14(17)12-4-6-13(19-3)7-5-12;1-11(2,14)10(13)8-3-5-9(6-4-8)15-7-12;1-10(2,12)9(11)8-6-4-3-5-7-8/h3-12H,1-2H3;4-7H,8-11H2,1-3H3;3-6,12,14H,7H2,1-2H3;3-7,12H,1-2H3. The molecule has 3 N–H and O–H groups in total. The molecule has 0 unspecified atom stereocenters. The predicted molar refractivity (Wildman–Crippen MR) is 254 cm³/mol. The largest absolute Gasteiger partial charge is 0.468 e. The minimum atomic E-state index is -1.40. The van der Waals surface area contributed by atoms with Crippen molar-refractivity contribution in [3.63, 3.8) is 0 Å². The van der Waals surface area contributed by atoms with Gasteiger partial charge < -0.3 is 34.3 Å². The first-order chi connectivity index (χ1) is 30.8. The summed E-state index contributed by atoms with van der Waals surface area (Å²) in [6, 6.07) is 41.1. The second-order valence-corrected chi connectivity index (χ2v) is 17.1. The minimum Gasteiger partial charge on any atom is -0.468 e. The molecule has 12 nitrogen and oxygen atoms in total. The Balaban J connectivity index is 0.000000234. The molecule has 1 heterocycles. The zero-order chi connectivity index (χ0) is 48.3. The van der Waals surface area contributed by atoms with Crippen LogP contribution in [0.25, 0.3) is 0 Å². The lowest BCUT2D eigenvalue weighted by molar-refractivity contribution is -0.176. The van der Waals surface area contributed by atoms with E-state index in [9.17, 15) is 29.4 Å². The highest BCUT2D eigenvalue weighted by Gasteiger charge is 2.41. The van der Waals surface area contributed by atoms with Crippen molar-refractivity contribution in [1.82, 2.24) is 4.90 Å². The summed E-state index contributed by atoms with van der Waals surface area (Å²) in [5.41, 5.74) is -0.151. The van der Waals surface area contributed by atoms with Crippen LogP contribution in [0.5, 0.6) is 5.75 Å². The molecule has 1 saturated heterocycles. The van der Waals surface area contributed by atoms with Crippen molar-refractivity contribution in [3.05, 3.63) is 167 Å². The predicted octanol–water partition coefficient (Wildman–Crippen LogP) is 8.33. The summed E-state index contributed by atoms with van der Waals surface area (Å²) in [4.78, 5) is 51.8. The van der Waals surface area contributed by atoms with Crippen LogP contribution in [0.15, 0.2) is 144 Å². The van der Waals surface area contributed by atoms with Crippen LogP contribution in [-0.2, 0) is 20.0 Å². The molecule has 0 aromatic heterocycles. The fraction of sp³-hybridized carbons (Fsp3) is 0.346. The molecule has 1 aliphatic heterocycles. The molecule has 0 spiro atoms. The summed E-state index contributed by atoms with van der Waals surface area (Å²) in [6.07, 6.45) is 2.04. The molecule has 348 valence electrons. The highest BCUT2D eigenvalue weighted by atomic mass is 32.2. The van der Waals surface area contributed by atoms with E-state index < -0.39 is 29.3 Å². The molecule has 0 radical (unpaired) electrons. The highest BCUT2D eigenvalue weighted by molar-refractivity contribution is 7.98. The first-order valence-corrected chi connectivity index (χ1v) is 22.2. The van der Waals surface area contributed by atoms with Gasteiger partial charge in [0.2, 0.25) is 5.78 Å². The van der Waals surface area contributed by atoms with Crippen molar-refractivity contribution in [1.29, 1.82) is 0 Å². The van der Waals surface area contributed by atoms with Gasteiger partial charge in [-0.15, -0.1) is 11.8 Å². The summed E-state index contributed by atoms with van der Waals surface area (Å²) < 4.78 is 21.0. The summed E-state index contributed by atoms with van der Waals surface area (Å²) in [5, 5.41) is 27.4. The Morgan fingerprint density at radius 2 is 0.954 bits per heavy atom. The molecule has 0 atom stereocenters. The lowest BCUT2D eigenvalue weighted by Gasteiger charge is -2.39. The third-order valence-electron chi connectivity index (χ3n) is 10.3. The molecular weight excluding hydrogens is 847 g/mol. The number of benzene rings is 5. The number of ketones is 4. The fourth-order valence-corrected chi connectivity index (χ4v) is 6.92. The number of carbonyl (C=O) groups excluding carboxylic acids is 4. The molecule has 5 aromatic rings. The molecule has 0 bridgehead atoms. The molecule has 1 fully saturated rings. The second kappa shape index (κ2) is 25.4. The molecule has 13 heteroatoms. The van der Waals surface area contributed by atoms with Crippen molar-refractivity contribution in [2.45, 2.75) is 69.0 Å². The number of carbonyl (C=O) groups is 4. The summed E-state index contributed by atoms with van der Waals surface area (Å²) in [6.45, 7) is 12.5. The van der Waals surface area contributed by atoms with E-state index >= 15 is 0 Å². The lowest BCUT2D eigenvalue weighted by Crippen LogP contribution is -2.54. The van der Waals surface area contributed by atoms with Crippen LogP contribution >= 0.6 is 11.8 Å². The number of aliphatic hydroxyl groups is 3. The number of morpholine rings is 1. The molecule has 1 aliphatic rings. The number of thioether (sulfide) groups is 1. The Labute approximate surface area is 387 Å². The highest BCUT2D eigenvalue weighted by Crippen LogP contribution is 2.30. The molecule has 65 heavy (non-hydrogen) atoms. The average molecular weight is 910 g/mol. The minimum absolute atomic E-state index is 0.182. The molecule has 0 aliphatic carbocycles. The summed E-state index contributed by atoms with van der Waals surface area (Å²) >= 11 is 1.69. The number of rotatable bonds is 15. The Kier molecular flexibility index (Phi) is 21.1. The molecule has 0 saturated carbocycles. The SMILES string of the molecule is CC(C)(O)C(=O)c1ccc(OCO)cc1.CC(C)(O)C(=O)c1ccccc1.COC(OC)(C(=O)c1ccccc1)c1ccccc1.CSc1ccc(C(=O)C(C)(C)N2CCOCC2)cc1. The van der Waals surface area contributed by atoms with Gasteiger partial charge in [-0.2, -0.15) is 0 Å². The van der Waals surface area contributed by atoms with Gasteiger partial charge in [-0.3, -0.25) is 24.1 Å². The number of ether oxygens (including phenoxy) is 4. The van der Waals surface area contributed by atoms with E-state index in [0.29, 0.717) is 41.2 Å². The van der Waals surface area contributed by atoms with Gasteiger partial charge in [0.1, 0.15) is 17.0 Å². The summed E-state index contributed by atoms with van der Waals surface area (Å²) in [5.74, 6) is -1.56. The van der Waals surface area contributed by atoms with Crippen LogP contribution in [-0.4, -0.2) is 114 Å². The normalized spacial score (nSPS) is 13.0. The van der Waals surface area contributed by atoms with E-state index in [1.807, 2.05) is 99.0 Å². The Morgan fingerprint density at radius 3 is 1.35 bits per heavy atom. The Bertz CT molecular complexity index is 2210. The Hall–Kier alpha value is -5.35. The number of hydrogen-bond acceptors (Lipinski definition) is 13. The molecule has 5 aromatic carbocycles. The molecule has 0 amide bonds. The first-order valence-electron chi connectivity index (χ1n) is 21.0. The quantitative estimate of drug-likeness (QED) is 0.0521. The van der Waals surface area contributed by atoms with Crippen molar-refractivity contribution in [2.75, 3.05) is 53.6 Å². The molecular formula is C52H63NO11S. The number of hydrogen-bond donors (Lipinski definition) is 3. The number of nitrogens with zero attached hydrogens (tertiary/aromatic N) is 1. The fourth-order valence-electron chi connectivity index (χ4n) is 6.51. The van der Waals surface area contributed by atoms with Crippen LogP contribution in [0.1, 0.15) is 88.5 Å². The van der Waals surface area contributed by atoms with Crippen LogP contribution in [0, 0.1) is 0 Å². The van der Waals surface area contributed by atoms with Crippen molar-refractivity contribution in [2.24, 2.45) is 0 Å². The van der Waals surface area contributed by atoms with Crippen LogP contribution in [0.3, 0.4) is 0 Å². The maximum atomic E-state index is 12.7. The summed E-state index contributed by atoms with van der Waals surface area (Å²) in [7, 11) is 2.94. The van der Waals surface area contributed by atoms with Gasteiger partial charge in [0.05, 0.1) is 18.8 Å². The number of methoxy groups -OCH3 is 2. The van der Waals surface area contributed by atoms with E-state index in [1.54, 1.807) is 72.4 Å². The van der Waals surface area contributed by atoms with Gasteiger partial charge in [0.25, 0.3) is 5.79 Å². The second-order valence-electron chi connectivity index (χ2n) is 16.2. The van der Waals surface area contributed by atoms with E-state index in [1.165, 1.54) is 46.8 Å². The van der Waals surface area contributed by atoms with Gasteiger partial charge in [-0.25, -0.2) is 0 Å². The first kappa shape index (κ1) is 54.0. The van der Waals surface area contributed by atoms with Crippen LogP contribution in [0.2, 0.25) is 0 Å². The third kappa shape index (κ3) is 15.7. The van der Waals surface area contributed by atoms with E-state index in [-0.39, 0.29) is 23.1 Å². The maximum absolute atomic E-state index is 12.7. The van der Waals surface area contributed by atoms with Gasteiger partial charge in [0.15, 0.2) is 24.1 Å². The Morgan fingerprint density at radius 1 is 0.569 bits per heavy atom. The van der Waals surface area contributed by atoms with Gasteiger partial charge in [-0.05, 0) is 84.2 Å². The topological polar surface area (TPSA) is 169 Å². The smallest absolute Gasteiger partial charge is 0.260 e. The van der Waals surface area contributed by atoms with Gasteiger partial charge in [-0.1, -0.05) is 103 Å². The average Bonchev–Trinajstić information content (AvgIpc) is 3.33. The van der Waals surface area contributed by atoms with Crippen molar-refractivity contribution < 1.29 is 53.4 Å². The third-order valence-corrected chi connectivity index (χ3v) is 11.0. The lowest BCUT2D eigenvalue weighted by atomic mass is 9.91. The monoisotopic (exact) mass is 909 g/mol. The van der Waals surface area contributed by atoms with Crippen LogP contribution < -0.4 is 4.74 Å². The molecule has 6 rings (SSSR count). The van der Waals surface area contributed by atoms with Gasteiger partial charge >= 0.3 is 0 Å². The van der Waals surface area contributed by atoms with Crippen molar-refractivity contribution in [3.8, 4) is 5.75 Å². The van der Waals surface area contributed by atoms with E-state index in [2.05, 4.69) is 4.90 Å². The van der Waals surface area contributed by atoms with Crippen LogP contribution in [0.4, 0.5) is 0 Å². The van der Waals surface area contributed by atoms with Crippen molar-refractivity contribution >= 4 is 34.9 Å². The van der Waals surface area contributed by atoms with E-state index in [4.69, 9.17) is 24.1 Å². The number of aliphatic hydroxyl groups excluding tert-OH is 1. The van der Waals surface area contributed by atoms with Gasteiger partial charge in [0, 0.05) is 60.0 Å². The zero-order valence-electron chi connectivity index (χ0n) is 38.8. The maximum Gasteiger partial charge on any atom is 0.260 e. The zero-order valence-corrected chi connectivity index (χ0v) is 39.6. The van der Waals surface area contributed by atoms with E-state index in [0.717, 1.165) is 18.7 Å². The number of Topliss-reactive ketones (excluding diaryl/α,β-unsaturated/α-hetero) is 4.